The molecule has 0 bridgehead atoms. The van der Waals surface area contributed by atoms with Crippen molar-refractivity contribution in [2.75, 3.05) is 17.3 Å². The molecule has 100 valence electrons. The van der Waals surface area contributed by atoms with E-state index < -0.39 is 0 Å². The average Bonchev–Trinajstić information content (AvgIpc) is 2.92. The number of halogens is 1. The molecule has 1 unspecified atom stereocenters. The molecule has 1 fully saturated rings. The molecular weight excluding hydrogens is 280 g/mol. The molecule has 3 rings (SSSR count). The number of amides is 1. The van der Waals surface area contributed by atoms with Crippen LogP contribution in [0.3, 0.4) is 0 Å². The number of aryl methyl sites for hydroxylation is 2. The van der Waals surface area contributed by atoms with Gasteiger partial charge in [-0.25, -0.2) is 4.98 Å². The molecule has 1 amide bonds. The Labute approximate surface area is 121 Å². The Morgan fingerprint density at radius 3 is 2.95 bits per heavy atom. The van der Waals surface area contributed by atoms with E-state index in [0.29, 0.717) is 18.8 Å². The number of aromatic nitrogens is 1. The molecule has 19 heavy (non-hydrogen) atoms. The van der Waals surface area contributed by atoms with E-state index in [2.05, 4.69) is 31.0 Å². The molecule has 0 saturated carbocycles. The summed E-state index contributed by atoms with van der Waals surface area (Å²) in [5.41, 5.74) is 3.40. The number of anilines is 1. The summed E-state index contributed by atoms with van der Waals surface area (Å²) in [4.78, 5) is 18.4. The highest BCUT2D eigenvalue weighted by atomic mass is 35.5. The Bertz CT molecular complexity index is 652. The lowest BCUT2D eigenvalue weighted by atomic mass is 10.1. The molecule has 1 atom stereocenters. The summed E-state index contributed by atoms with van der Waals surface area (Å²) in [6.45, 7) is 4.84. The van der Waals surface area contributed by atoms with Gasteiger partial charge in [0.2, 0.25) is 5.91 Å². The van der Waals surface area contributed by atoms with Gasteiger partial charge in [-0.05, 0) is 37.0 Å². The average molecular weight is 295 g/mol. The van der Waals surface area contributed by atoms with Crippen LogP contribution in [0, 0.1) is 19.8 Å². The van der Waals surface area contributed by atoms with E-state index in [4.69, 9.17) is 11.6 Å². The van der Waals surface area contributed by atoms with Gasteiger partial charge in [-0.2, -0.15) is 0 Å². The summed E-state index contributed by atoms with van der Waals surface area (Å²) in [6.07, 6.45) is 0.539. The van der Waals surface area contributed by atoms with Crippen LogP contribution in [0.15, 0.2) is 12.1 Å². The summed E-state index contributed by atoms with van der Waals surface area (Å²) in [7, 11) is 0. The summed E-state index contributed by atoms with van der Waals surface area (Å²) in [5, 5.41) is 0.807. The van der Waals surface area contributed by atoms with E-state index in [1.165, 1.54) is 5.56 Å². The fourth-order valence-corrected chi connectivity index (χ4v) is 3.92. The van der Waals surface area contributed by atoms with Crippen LogP contribution in [0.2, 0.25) is 0 Å². The SMILES string of the molecule is Cc1cc(C)c2nc(N3CC(CCl)CC3=O)sc2c1. The predicted octanol–water partition coefficient (Wildman–Crippen LogP) is 3.50. The van der Waals surface area contributed by atoms with Crippen LogP contribution in [-0.4, -0.2) is 23.3 Å². The normalized spacial score (nSPS) is 19.6. The lowest BCUT2D eigenvalue weighted by molar-refractivity contribution is -0.117. The van der Waals surface area contributed by atoms with Gasteiger partial charge >= 0.3 is 0 Å². The third-order valence-corrected chi connectivity index (χ3v) is 4.93. The highest BCUT2D eigenvalue weighted by Crippen LogP contribution is 2.34. The molecule has 1 aliphatic rings. The van der Waals surface area contributed by atoms with E-state index in [-0.39, 0.29) is 11.8 Å². The first-order valence-electron chi connectivity index (χ1n) is 6.32. The highest BCUT2D eigenvalue weighted by Gasteiger charge is 2.31. The predicted molar refractivity (Wildman–Crippen MR) is 80.3 cm³/mol. The van der Waals surface area contributed by atoms with Gasteiger partial charge in [0.05, 0.1) is 10.2 Å². The molecule has 1 aliphatic heterocycles. The number of fused-ring (bicyclic) bond motifs is 1. The lowest BCUT2D eigenvalue weighted by Crippen LogP contribution is -2.24. The summed E-state index contributed by atoms with van der Waals surface area (Å²) in [5.74, 6) is 0.925. The third-order valence-electron chi connectivity index (χ3n) is 3.47. The van der Waals surface area contributed by atoms with Crippen molar-refractivity contribution < 1.29 is 4.79 Å². The first kappa shape index (κ1) is 12.9. The maximum Gasteiger partial charge on any atom is 0.229 e. The van der Waals surface area contributed by atoms with Gasteiger partial charge < -0.3 is 0 Å². The molecular formula is C14H15ClN2OS. The fraction of sp³-hybridized carbons (Fsp3) is 0.429. The zero-order valence-electron chi connectivity index (χ0n) is 10.9. The number of carbonyl (C=O) groups excluding carboxylic acids is 1. The molecule has 0 radical (unpaired) electrons. The number of carbonyl (C=O) groups is 1. The second-order valence-electron chi connectivity index (χ2n) is 5.15. The van der Waals surface area contributed by atoms with E-state index in [9.17, 15) is 4.79 Å². The number of hydrogen-bond donors (Lipinski definition) is 0. The van der Waals surface area contributed by atoms with Gasteiger partial charge in [0.25, 0.3) is 0 Å². The van der Waals surface area contributed by atoms with Crippen LogP contribution in [0.4, 0.5) is 5.13 Å². The Kier molecular flexibility index (Phi) is 3.23. The minimum atomic E-state index is 0.138. The van der Waals surface area contributed by atoms with Crippen molar-refractivity contribution in [2.24, 2.45) is 5.92 Å². The smallest absolute Gasteiger partial charge is 0.229 e. The van der Waals surface area contributed by atoms with Crippen molar-refractivity contribution in [2.45, 2.75) is 20.3 Å². The molecule has 2 aromatic rings. The van der Waals surface area contributed by atoms with Crippen molar-refractivity contribution in [3.8, 4) is 0 Å². The molecule has 0 aliphatic carbocycles. The Balaban J connectivity index is 2.02. The van der Waals surface area contributed by atoms with Gasteiger partial charge in [0, 0.05) is 18.8 Å². The maximum absolute atomic E-state index is 12.0. The molecule has 0 N–H and O–H groups in total. The monoisotopic (exact) mass is 294 g/mol. The second-order valence-corrected chi connectivity index (χ2v) is 6.47. The molecule has 0 spiro atoms. The van der Waals surface area contributed by atoms with Crippen LogP contribution in [-0.2, 0) is 4.79 Å². The summed E-state index contributed by atoms with van der Waals surface area (Å²) in [6, 6.07) is 4.25. The minimum absolute atomic E-state index is 0.138. The van der Waals surface area contributed by atoms with Crippen molar-refractivity contribution in [1.82, 2.24) is 4.98 Å². The Hall–Kier alpha value is -1.13. The minimum Gasteiger partial charge on any atom is -0.288 e. The standard InChI is InChI=1S/C14H15ClN2OS/c1-8-3-9(2)13-11(4-8)19-14(16-13)17-7-10(6-15)5-12(17)18/h3-4,10H,5-7H2,1-2H3. The van der Waals surface area contributed by atoms with Crippen molar-refractivity contribution in [3.05, 3.63) is 23.3 Å². The summed E-state index contributed by atoms with van der Waals surface area (Å²) < 4.78 is 1.15. The number of nitrogens with zero attached hydrogens (tertiary/aromatic N) is 2. The van der Waals surface area contributed by atoms with E-state index in [1.54, 1.807) is 16.2 Å². The second kappa shape index (κ2) is 4.76. The number of hydrogen-bond acceptors (Lipinski definition) is 3. The maximum atomic E-state index is 12.0. The first-order valence-corrected chi connectivity index (χ1v) is 7.67. The van der Waals surface area contributed by atoms with E-state index >= 15 is 0 Å². The Morgan fingerprint density at radius 2 is 2.26 bits per heavy atom. The molecule has 1 aromatic carbocycles. The van der Waals surface area contributed by atoms with Gasteiger partial charge in [0.15, 0.2) is 5.13 Å². The zero-order chi connectivity index (χ0) is 13.6. The fourth-order valence-electron chi connectivity index (χ4n) is 2.54. The quantitative estimate of drug-likeness (QED) is 0.794. The lowest BCUT2D eigenvalue weighted by Gasteiger charge is -2.11. The van der Waals surface area contributed by atoms with Crippen LogP contribution in [0.5, 0.6) is 0 Å². The number of rotatable bonds is 2. The largest absolute Gasteiger partial charge is 0.288 e. The number of alkyl halides is 1. The topological polar surface area (TPSA) is 33.2 Å². The van der Waals surface area contributed by atoms with E-state index in [1.807, 2.05) is 0 Å². The Morgan fingerprint density at radius 1 is 1.47 bits per heavy atom. The number of thiazole rings is 1. The third kappa shape index (κ3) is 2.23. The molecule has 1 aromatic heterocycles. The molecule has 1 saturated heterocycles. The molecule has 3 nitrogen and oxygen atoms in total. The van der Waals surface area contributed by atoms with Crippen LogP contribution in [0.25, 0.3) is 10.2 Å². The van der Waals surface area contributed by atoms with Crippen LogP contribution in [0.1, 0.15) is 17.5 Å². The summed E-state index contributed by atoms with van der Waals surface area (Å²) >= 11 is 7.44. The van der Waals surface area contributed by atoms with Crippen molar-refractivity contribution in [1.29, 1.82) is 0 Å². The van der Waals surface area contributed by atoms with Gasteiger partial charge in [0.1, 0.15) is 0 Å². The van der Waals surface area contributed by atoms with Gasteiger partial charge in [-0.15, -0.1) is 11.6 Å². The van der Waals surface area contributed by atoms with Crippen molar-refractivity contribution in [3.63, 3.8) is 0 Å². The van der Waals surface area contributed by atoms with Crippen LogP contribution < -0.4 is 4.90 Å². The van der Waals surface area contributed by atoms with Gasteiger partial charge in [-0.3, -0.25) is 9.69 Å². The number of benzene rings is 1. The van der Waals surface area contributed by atoms with Crippen LogP contribution >= 0.6 is 22.9 Å². The van der Waals surface area contributed by atoms with E-state index in [0.717, 1.165) is 20.9 Å². The first-order chi connectivity index (χ1) is 9.08. The molecule has 2 heterocycles. The van der Waals surface area contributed by atoms with Gasteiger partial charge in [-0.1, -0.05) is 17.4 Å². The van der Waals surface area contributed by atoms with Crippen molar-refractivity contribution >= 4 is 44.2 Å². The zero-order valence-corrected chi connectivity index (χ0v) is 12.5. The molecule has 5 heteroatoms. The highest BCUT2D eigenvalue weighted by molar-refractivity contribution is 7.22.